The summed E-state index contributed by atoms with van der Waals surface area (Å²) >= 11 is 0. The van der Waals surface area contributed by atoms with Gasteiger partial charge in [0, 0.05) is 17.9 Å². The lowest BCUT2D eigenvalue weighted by atomic mass is 9.95. The first-order chi connectivity index (χ1) is 11.1. The predicted molar refractivity (Wildman–Crippen MR) is 92.6 cm³/mol. The Hall–Kier alpha value is -2.29. The van der Waals surface area contributed by atoms with Gasteiger partial charge in [0.1, 0.15) is 5.75 Å². The summed E-state index contributed by atoms with van der Waals surface area (Å²) in [5.74, 6) is 1.39. The number of hydrazone groups is 1. The van der Waals surface area contributed by atoms with Crippen LogP contribution in [0.4, 0.5) is 0 Å². The summed E-state index contributed by atoms with van der Waals surface area (Å²) in [5.41, 5.74) is 4.89. The van der Waals surface area contributed by atoms with Gasteiger partial charge < -0.3 is 4.74 Å². The van der Waals surface area contributed by atoms with Crippen molar-refractivity contribution in [2.45, 2.75) is 39.5 Å². The fourth-order valence-corrected chi connectivity index (χ4v) is 3.42. The number of ether oxygens (including phenoxy) is 1. The van der Waals surface area contributed by atoms with E-state index in [0.29, 0.717) is 5.92 Å². The maximum Gasteiger partial charge on any atom is 0.190 e. The van der Waals surface area contributed by atoms with E-state index in [1.165, 1.54) is 16.7 Å². The predicted octanol–water partition coefficient (Wildman–Crippen LogP) is 4.52. The van der Waals surface area contributed by atoms with Gasteiger partial charge in [-0.25, -0.2) is 5.01 Å². The second-order valence-electron chi connectivity index (χ2n) is 6.80. The second-order valence-corrected chi connectivity index (χ2v) is 6.80. The van der Waals surface area contributed by atoms with Gasteiger partial charge in [0.15, 0.2) is 6.23 Å². The van der Waals surface area contributed by atoms with Crippen LogP contribution in [-0.4, -0.2) is 16.9 Å². The van der Waals surface area contributed by atoms with Crippen LogP contribution in [0.1, 0.15) is 43.0 Å². The van der Waals surface area contributed by atoms with Gasteiger partial charge in [-0.05, 0) is 18.6 Å². The largest absolute Gasteiger partial charge is 0.468 e. The van der Waals surface area contributed by atoms with Crippen molar-refractivity contribution in [3.8, 4) is 5.75 Å². The standard InChI is InChI=1S/C20H22N2O/c1-13(2)20-22-18(16-6-4-5-7-19(16)23-20)12-17(21-22)15-10-8-14(3)9-11-15/h4-11,13,18,20H,12H2,1-3H3/t18-,20-/m1/s1. The molecule has 4 rings (SSSR count). The van der Waals surface area contributed by atoms with Crippen molar-refractivity contribution >= 4 is 5.71 Å². The molecule has 3 nitrogen and oxygen atoms in total. The van der Waals surface area contributed by atoms with E-state index in [-0.39, 0.29) is 12.3 Å². The highest BCUT2D eigenvalue weighted by molar-refractivity contribution is 6.02. The Morgan fingerprint density at radius 2 is 1.83 bits per heavy atom. The molecule has 2 aliphatic rings. The summed E-state index contributed by atoms with van der Waals surface area (Å²) < 4.78 is 6.23. The van der Waals surface area contributed by atoms with Gasteiger partial charge in [-0.3, -0.25) is 0 Å². The molecule has 0 saturated heterocycles. The van der Waals surface area contributed by atoms with Crippen molar-refractivity contribution in [2.24, 2.45) is 11.0 Å². The number of benzene rings is 2. The molecule has 2 aromatic rings. The minimum atomic E-state index is -0.00199. The van der Waals surface area contributed by atoms with Crippen LogP contribution in [0.25, 0.3) is 0 Å². The summed E-state index contributed by atoms with van der Waals surface area (Å²) in [6, 6.07) is 17.3. The summed E-state index contributed by atoms with van der Waals surface area (Å²) in [5, 5.41) is 7.11. The zero-order chi connectivity index (χ0) is 16.0. The van der Waals surface area contributed by atoms with E-state index in [4.69, 9.17) is 9.84 Å². The van der Waals surface area contributed by atoms with E-state index in [1.54, 1.807) is 0 Å². The summed E-state index contributed by atoms with van der Waals surface area (Å²) in [4.78, 5) is 0. The molecular formula is C20H22N2O. The topological polar surface area (TPSA) is 24.8 Å². The molecular weight excluding hydrogens is 284 g/mol. The molecule has 0 fully saturated rings. The lowest BCUT2D eigenvalue weighted by Crippen LogP contribution is -2.43. The molecule has 0 saturated carbocycles. The third-order valence-electron chi connectivity index (χ3n) is 4.68. The first kappa shape index (κ1) is 14.3. The molecule has 0 amide bonds. The number of fused-ring (bicyclic) bond motifs is 3. The van der Waals surface area contributed by atoms with Crippen molar-refractivity contribution < 1.29 is 4.74 Å². The zero-order valence-corrected chi connectivity index (χ0v) is 13.9. The molecule has 23 heavy (non-hydrogen) atoms. The summed E-state index contributed by atoms with van der Waals surface area (Å²) in [6.07, 6.45) is 0.935. The van der Waals surface area contributed by atoms with E-state index in [9.17, 15) is 0 Å². The van der Waals surface area contributed by atoms with Gasteiger partial charge in [-0.15, -0.1) is 0 Å². The molecule has 0 spiro atoms. The van der Waals surface area contributed by atoms with Gasteiger partial charge in [-0.1, -0.05) is 61.9 Å². The van der Waals surface area contributed by atoms with Crippen LogP contribution < -0.4 is 4.74 Å². The van der Waals surface area contributed by atoms with Crippen molar-refractivity contribution in [3.05, 3.63) is 65.2 Å². The van der Waals surface area contributed by atoms with E-state index < -0.39 is 0 Å². The second kappa shape index (κ2) is 5.41. The highest BCUT2D eigenvalue weighted by Crippen LogP contribution is 2.44. The highest BCUT2D eigenvalue weighted by Gasteiger charge is 2.41. The van der Waals surface area contributed by atoms with E-state index in [0.717, 1.165) is 17.9 Å². The van der Waals surface area contributed by atoms with Crippen LogP contribution in [0.5, 0.6) is 5.75 Å². The maximum atomic E-state index is 6.23. The van der Waals surface area contributed by atoms with Crippen LogP contribution in [0.2, 0.25) is 0 Å². The number of hydrogen-bond donors (Lipinski definition) is 0. The van der Waals surface area contributed by atoms with E-state index in [1.807, 2.05) is 6.07 Å². The Labute approximate surface area is 137 Å². The minimum Gasteiger partial charge on any atom is -0.468 e. The van der Waals surface area contributed by atoms with Gasteiger partial charge in [0.2, 0.25) is 0 Å². The lowest BCUT2D eigenvalue weighted by Gasteiger charge is -2.39. The van der Waals surface area contributed by atoms with Crippen LogP contribution in [-0.2, 0) is 0 Å². The third-order valence-corrected chi connectivity index (χ3v) is 4.68. The average molecular weight is 306 g/mol. The zero-order valence-electron chi connectivity index (χ0n) is 13.9. The van der Waals surface area contributed by atoms with Crippen molar-refractivity contribution in [2.75, 3.05) is 0 Å². The van der Waals surface area contributed by atoms with E-state index >= 15 is 0 Å². The number of para-hydroxylation sites is 1. The van der Waals surface area contributed by atoms with Crippen LogP contribution in [0.3, 0.4) is 0 Å². The molecule has 0 bridgehead atoms. The quantitative estimate of drug-likeness (QED) is 0.815. The fourth-order valence-electron chi connectivity index (χ4n) is 3.42. The first-order valence-electron chi connectivity index (χ1n) is 8.32. The lowest BCUT2D eigenvalue weighted by molar-refractivity contribution is -0.0461. The monoisotopic (exact) mass is 306 g/mol. The third kappa shape index (κ3) is 2.40. The molecule has 2 aliphatic heterocycles. The molecule has 0 unspecified atom stereocenters. The maximum absolute atomic E-state index is 6.23. The van der Waals surface area contributed by atoms with Gasteiger partial charge in [-0.2, -0.15) is 5.10 Å². The molecule has 2 atom stereocenters. The minimum absolute atomic E-state index is 0.00199. The molecule has 3 heteroatoms. The van der Waals surface area contributed by atoms with Crippen molar-refractivity contribution in [3.63, 3.8) is 0 Å². The van der Waals surface area contributed by atoms with Gasteiger partial charge in [0.05, 0.1) is 11.8 Å². The van der Waals surface area contributed by atoms with Crippen LogP contribution in [0, 0.1) is 12.8 Å². The molecule has 0 aromatic heterocycles. The number of aryl methyl sites for hydroxylation is 1. The van der Waals surface area contributed by atoms with Crippen LogP contribution >= 0.6 is 0 Å². The smallest absolute Gasteiger partial charge is 0.190 e. The molecule has 2 heterocycles. The SMILES string of the molecule is Cc1ccc(C2=NN3[C@H](C2)c2ccccc2O[C@@H]3C(C)C)cc1. The molecule has 0 radical (unpaired) electrons. The number of nitrogens with zero attached hydrogens (tertiary/aromatic N) is 2. The Morgan fingerprint density at radius 3 is 2.57 bits per heavy atom. The van der Waals surface area contributed by atoms with Crippen molar-refractivity contribution in [1.82, 2.24) is 5.01 Å². The Bertz CT molecular complexity index is 748. The molecule has 0 N–H and O–H groups in total. The van der Waals surface area contributed by atoms with Gasteiger partial charge in [0.25, 0.3) is 0 Å². The van der Waals surface area contributed by atoms with Crippen molar-refractivity contribution in [1.29, 1.82) is 0 Å². The molecule has 2 aromatic carbocycles. The normalized spacial score (nSPS) is 22.4. The molecule has 0 aliphatic carbocycles. The average Bonchev–Trinajstić information content (AvgIpc) is 3.00. The Kier molecular flexibility index (Phi) is 3.37. The summed E-state index contributed by atoms with van der Waals surface area (Å²) in [6.45, 7) is 6.49. The first-order valence-corrected chi connectivity index (χ1v) is 8.32. The van der Waals surface area contributed by atoms with Gasteiger partial charge >= 0.3 is 0 Å². The number of rotatable bonds is 2. The molecule has 118 valence electrons. The number of hydrogen-bond acceptors (Lipinski definition) is 3. The summed E-state index contributed by atoms with van der Waals surface area (Å²) in [7, 11) is 0. The Balaban J connectivity index is 1.74. The highest BCUT2D eigenvalue weighted by atomic mass is 16.5. The fraction of sp³-hybridized carbons (Fsp3) is 0.350. The Morgan fingerprint density at radius 1 is 1.09 bits per heavy atom. The van der Waals surface area contributed by atoms with Crippen LogP contribution in [0.15, 0.2) is 53.6 Å². The van der Waals surface area contributed by atoms with E-state index in [2.05, 4.69) is 68.2 Å².